The van der Waals surface area contributed by atoms with E-state index in [0.29, 0.717) is 11.7 Å². The topological polar surface area (TPSA) is 28.2 Å². The molecule has 1 N–H and O–H groups in total. The maximum Gasteiger partial charge on any atom is 0.417 e. The van der Waals surface area contributed by atoms with Crippen LogP contribution in [0.25, 0.3) is 0 Å². The molecule has 19 heavy (non-hydrogen) atoms. The molecule has 3 nitrogen and oxygen atoms in total. The van der Waals surface area contributed by atoms with Gasteiger partial charge in [-0.25, -0.2) is 4.98 Å². The van der Waals surface area contributed by atoms with E-state index < -0.39 is 11.7 Å². The second-order valence-corrected chi connectivity index (χ2v) is 4.89. The zero-order chi connectivity index (χ0) is 13.9. The van der Waals surface area contributed by atoms with Crippen molar-refractivity contribution in [2.75, 3.05) is 31.6 Å². The first-order valence-corrected chi connectivity index (χ1v) is 6.43. The van der Waals surface area contributed by atoms with E-state index in [-0.39, 0.29) is 0 Å². The Morgan fingerprint density at radius 2 is 2.00 bits per heavy atom. The highest BCUT2D eigenvalue weighted by Crippen LogP contribution is 2.30. The number of pyridine rings is 1. The molecular formula is C13H18F3N3. The molecule has 0 unspecified atom stereocenters. The molecule has 106 valence electrons. The third-order valence-corrected chi connectivity index (χ3v) is 3.51. The van der Waals surface area contributed by atoms with Gasteiger partial charge in [-0.05, 0) is 44.5 Å². The molecule has 6 heteroatoms. The summed E-state index contributed by atoms with van der Waals surface area (Å²) in [6, 6.07) is 2.56. The van der Waals surface area contributed by atoms with Crippen molar-refractivity contribution in [3.63, 3.8) is 0 Å². The first-order valence-electron chi connectivity index (χ1n) is 6.43. The molecule has 0 atom stereocenters. The van der Waals surface area contributed by atoms with Gasteiger partial charge in [0.2, 0.25) is 0 Å². The lowest BCUT2D eigenvalue weighted by molar-refractivity contribution is -0.137. The maximum absolute atomic E-state index is 12.4. The number of anilines is 1. The molecule has 1 aromatic rings. The number of alkyl halides is 3. The van der Waals surface area contributed by atoms with Gasteiger partial charge in [-0.15, -0.1) is 0 Å². The number of rotatable bonds is 3. The van der Waals surface area contributed by atoms with Crippen molar-refractivity contribution in [3.8, 4) is 0 Å². The monoisotopic (exact) mass is 273 g/mol. The molecule has 1 fully saturated rings. The molecule has 1 aliphatic rings. The SMILES string of the molecule is CNCC1CCN(c2ccc(C(F)(F)F)cn2)CC1. The largest absolute Gasteiger partial charge is 0.417 e. The average Bonchev–Trinajstić information content (AvgIpc) is 2.39. The standard InChI is InChI=1S/C13H18F3N3/c1-17-8-10-4-6-19(7-5-10)12-3-2-11(9-18-12)13(14,15)16/h2-3,9-10,17H,4-8H2,1H3. The number of hydrogen-bond acceptors (Lipinski definition) is 3. The Morgan fingerprint density at radius 3 is 2.47 bits per heavy atom. The fourth-order valence-electron chi connectivity index (χ4n) is 2.40. The van der Waals surface area contributed by atoms with Crippen molar-refractivity contribution in [1.82, 2.24) is 10.3 Å². The van der Waals surface area contributed by atoms with Gasteiger partial charge in [0.25, 0.3) is 0 Å². The van der Waals surface area contributed by atoms with E-state index in [1.54, 1.807) is 0 Å². The molecule has 0 saturated carbocycles. The molecule has 1 aliphatic heterocycles. The molecule has 0 aromatic carbocycles. The van der Waals surface area contributed by atoms with Crippen LogP contribution in [0.1, 0.15) is 18.4 Å². The molecule has 2 rings (SSSR count). The van der Waals surface area contributed by atoms with E-state index in [2.05, 4.69) is 10.3 Å². The van der Waals surface area contributed by atoms with Crippen molar-refractivity contribution in [2.45, 2.75) is 19.0 Å². The number of hydrogen-bond donors (Lipinski definition) is 1. The third-order valence-electron chi connectivity index (χ3n) is 3.51. The van der Waals surface area contributed by atoms with Crippen LogP contribution in [-0.4, -0.2) is 31.7 Å². The predicted molar refractivity (Wildman–Crippen MR) is 68.1 cm³/mol. The zero-order valence-corrected chi connectivity index (χ0v) is 10.9. The molecule has 0 spiro atoms. The van der Waals surface area contributed by atoms with E-state index in [1.165, 1.54) is 6.07 Å². The molecular weight excluding hydrogens is 255 g/mol. The Balaban J connectivity index is 1.97. The molecule has 0 aliphatic carbocycles. The summed E-state index contributed by atoms with van der Waals surface area (Å²) in [6.45, 7) is 2.70. The summed E-state index contributed by atoms with van der Waals surface area (Å²) in [6.07, 6.45) is -1.31. The van der Waals surface area contributed by atoms with Gasteiger partial charge in [0.1, 0.15) is 5.82 Å². The number of nitrogens with zero attached hydrogens (tertiary/aromatic N) is 2. The molecule has 2 heterocycles. The van der Waals surface area contributed by atoms with Crippen molar-refractivity contribution in [1.29, 1.82) is 0 Å². The first kappa shape index (κ1) is 14.1. The van der Waals surface area contributed by atoms with Crippen molar-refractivity contribution < 1.29 is 13.2 Å². The summed E-state index contributed by atoms with van der Waals surface area (Å²) in [4.78, 5) is 5.98. The predicted octanol–water partition coefficient (Wildman–Crippen LogP) is 2.54. The molecule has 0 amide bonds. The highest BCUT2D eigenvalue weighted by molar-refractivity contribution is 5.40. The van der Waals surface area contributed by atoms with Gasteiger partial charge in [-0.1, -0.05) is 0 Å². The number of nitrogens with one attached hydrogen (secondary N) is 1. The smallest absolute Gasteiger partial charge is 0.357 e. The molecule has 1 aromatic heterocycles. The van der Waals surface area contributed by atoms with E-state index in [0.717, 1.165) is 44.7 Å². The summed E-state index contributed by atoms with van der Waals surface area (Å²) in [5.41, 5.74) is -0.693. The minimum atomic E-state index is -4.31. The van der Waals surface area contributed by atoms with Gasteiger partial charge in [0, 0.05) is 19.3 Å². The Bertz CT molecular complexity index is 395. The lowest BCUT2D eigenvalue weighted by atomic mass is 9.97. The molecule has 1 saturated heterocycles. The van der Waals surface area contributed by atoms with Gasteiger partial charge in [-0.3, -0.25) is 0 Å². The van der Waals surface area contributed by atoms with Crippen LogP contribution in [0, 0.1) is 5.92 Å². The van der Waals surface area contributed by atoms with Gasteiger partial charge >= 0.3 is 6.18 Å². The van der Waals surface area contributed by atoms with Crippen LogP contribution in [0.5, 0.6) is 0 Å². The van der Waals surface area contributed by atoms with Crippen molar-refractivity contribution in [3.05, 3.63) is 23.9 Å². The second kappa shape index (κ2) is 5.77. The lowest BCUT2D eigenvalue weighted by Crippen LogP contribution is -2.37. The van der Waals surface area contributed by atoms with Crippen LogP contribution in [0.4, 0.5) is 19.0 Å². The first-order chi connectivity index (χ1) is 9.00. The van der Waals surface area contributed by atoms with Crippen LogP contribution < -0.4 is 10.2 Å². The number of aromatic nitrogens is 1. The van der Waals surface area contributed by atoms with E-state index in [9.17, 15) is 13.2 Å². The van der Waals surface area contributed by atoms with Gasteiger partial charge in [0.05, 0.1) is 5.56 Å². The average molecular weight is 273 g/mol. The zero-order valence-electron chi connectivity index (χ0n) is 10.9. The number of halogens is 3. The Labute approximate surface area is 110 Å². The van der Waals surface area contributed by atoms with Crippen LogP contribution in [-0.2, 0) is 6.18 Å². The lowest BCUT2D eigenvalue weighted by Gasteiger charge is -2.32. The van der Waals surface area contributed by atoms with Gasteiger partial charge in [-0.2, -0.15) is 13.2 Å². The highest BCUT2D eigenvalue weighted by atomic mass is 19.4. The second-order valence-electron chi connectivity index (χ2n) is 4.89. The normalized spacial score (nSPS) is 17.8. The minimum absolute atomic E-state index is 0.635. The van der Waals surface area contributed by atoms with Gasteiger partial charge < -0.3 is 10.2 Å². The minimum Gasteiger partial charge on any atom is -0.357 e. The third kappa shape index (κ3) is 3.59. The van der Waals surface area contributed by atoms with E-state index >= 15 is 0 Å². The van der Waals surface area contributed by atoms with Crippen LogP contribution in [0.3, 0.4) is 0 Å². The Kier molecular flexibility index (Phi) is 4.29. The van der Waals surface area contributed by atoms with Crippen LogP contribution in [0.2, 0.25) is 0 Å². The molecule has 0 radical (unpaired) electrons. The quantitative estimate of drug-likeness (QED) is 0.917. The van der Waals surface area contributed by atoms with Crippen LogP contribution >= 0.6 is 0 Å². The molecule has 0 bridgehead atoms. The summed E-state index contributed by atoms with van der Waals surface area (Å²) < 4.78 is 37.3. The van der Waals surface area contributed by atoms with Crippen LogP contribution in [0.15, 0.2) is 18.3 Å². The number of piperidine rings is 1. The summed E-state index contributed by atoms with van der Waals surface area (Å²) in [5.74, 6) is 1.28. The van der Waals surface area contributed by atoms with E-state index in [4.69, 9.17) is 0 Å². The Hall–Kier alpha value is -1.30. The maximum atomic E-state index is 12.4. The van der Waals surface area contributed by atoms with E-state index in [1.807, 2.05) is 11.9 Å². The fraction of sp³-hybridized carbons (Fsp3) is 0.615. The van der Waals surface area contributed by atoms with Crippen molar-refractivity contribution in [2.24, 2.45) is 5.92 Å². The Morgan fingerprint density at radius 1 is 1.32 bits per heavy atom. The summed E-state index contributed by atoms with van der Waals surface area (Å²) in [7, 11) is 1.93. The van der Waals surface area contributed by atoms with Crippen molar-refractivity contribution >= 4 is 5.82 Å². The fourth-order valence-corrected chi connectivity index (χ4v) is 2.40. The van der Waals surface area contributed by atoms with Gasteiger partial charge in [0.15, 0.2) is 0 Å². The summed E-state index contributed by atoms with van der Waals surface area (Å²) >= 11 is 0. The highest BCUT2D eigenvalue weighted by Gasteiger charge is 2.31. The summed E-state index contributed by atoms with van der Waals surface area (Å²) in [5, 5.41) is 3.16.